The first-order valence-electron chi connectivity index (χ1n) is 11.3. The number of piperazine rings is 1. The third kappa shape index (κ3) is 3.71. The Kier molecular flexibility index (Phi) is 5.25. The Bertz CT molecular complexity index is 1150. The van der Waals surface area contributed by atoms with Gasteiger partial charge in [0.2, 0.25) is 21.8 Å². The molecule has 3 heterocycles. The van der Waals surface area contributed by atoms with E-state index >= 15 is 0 Å². The monoisotopic (exact) mass is 472 g/mol. The largest absolute Gasteiger partial charge is 0.330 e. The number of hydrogen-bond donors (Lipinski definition) is 2. The molecule has 0 aromatic heterocycles. The zero-order valence-electron chi connectivity index (χ0n) is 18.4. The zero-order valence-corrected chi connectivity index (χ0v) is 19.2. The highest BCUT2D eigenvalue weighted by atomic mass is 32.2. The highest BCUT2D eigenvalue weighted by molar-refractivity contribution is 7.89. The van der Waals surface area contributed by atoms with Gasteiger partial charge < -0.3 is 15.5 Å². The molecule has 4 aliphatic rings. The Morgan fingerprint density at radius 3 is 2.73 bits per heavy atom. The van der Waals surface area contributed by atoms with Crippen molar-refractivity contribution in [2.24, 2.45) is 16.8 Å². The molecule has 10 nitrogen and oxygen atoms in total. The Morgan fingerprint density at radius 1 is 1.30 bits per heavy atom. The summed E-state index contributed by atoms with van der Waals surface area (Å²) in [7, 11) is -3.83. The topological polar surface area (TPSA) is 154 Å². The van der Waals surface area contributed by atoms with Crippen LogP contribution in [-0.4, -0.2) is 78.2 Å². The van der Waals surface area contributed by atoms with Crippen molar-refractivity contribution < 1.29 is 18.0 Å². The molecule has 0 unspecified atom stereocenters. The number of nitriles is 1. The molecule has 4 N–H and O–H groups in total. The number of primary sulfonamides is 1. The van der Waals surface area contributed by atoms with Gasteiger partial charge in [-0.05, 0) is 49.8 Å². The van der Waals surface area contributed by atoms with E-state index in [1.165, 1.54) is 12.1 Å². The van der Waals surface area contributed by atoms with Crippen LogP contribution in [0, 0.1) is 17.2 Å². The first kappa shape index (κ1) is 22.3. The summed E-state index contributed by atoms with van der Waals surface area (Å²) >= 11 is 0. The molecule has 176 valence electrons. The summed E-state index contributed by atoms with van der Waals surface area (Å²) in [5.41, 5.74) is 6.96. The van der Waals surface area contributed by atoms with Gasteiger partial charge in [0.25, 0.3) is 0 Å². The van der Waals surface area contributed by atoms with E-state index in [1.54, 1.807) is 21.9 Å². The molecule has 2 bridgehead atoms. The number of sulfonamides is 1. The second kappa shape index (κ2) is 7.77. The lowest BCUT2D eigenvalue weighted by atomic mass is 10.1. The van der Waals surface area contributed by atoms with E-state index in [0.717, 1.165) is 12.8 Å². The molecule has 0 spiro atoms. The van der Waals surface area contributed by atoms with Crippen molar-refractivity contribution in [1.29, 1.82) is 5.26 Å². The third-order valence-corrected chi connectivity index (χ3v) is 8.57. The minimum absolute atomic E-state index is 0.0188. The van der Waals surface area contributed by atoms with Crippen molar-refractivity contribution in [3.05, 3.63) is 29.8 Å². The zero-order chi connectivity index (χ0) is 23.7. The molecule has 7 atom stereocenters. The molecule has 3 saturated heterocycles. The van der Waals surface area contributed by atoms with Gasteiger partial charge in [-0.2, -0.15) is 5.26 Å². The van der Waals surface area contributed by atoms with Crippen LogP contribution < -0.4 is 10.9 Å². The van der Waals surface area contributed by atoms with E-state index < -0.39 is 22.1 Å². The van der Waals surface area contributed by atoms with Gasteiger partial charge in [-0.25, -0.2) is 13.6 Å². The minimum atomic E-state index is -3.83. The summed E-state index contributed by atoms with van der Waals surface area (Å²) in [6.45, 7) is 2.76. The number of carbonyl (C=O) groups excluding carboxylic acids is 2. The Labute approximate surface area is 193 Å². The van der Waals surface area contributed by atoms with Gasteiger partial charge in [-0.15, -0.1) is 0 Å². The lowest BCUT2D eigenvalue weighted by molar-refractivity contribution is -0.141. The average Bonchev–Trinajstić information content (AvgIpc) is 3.11. The van der Waals surface area contributed by atoms with Crippen LogP contribution in [0.3, 0.4) is 0 Å². The summed E-state index contributed by atoms with van der Waals surface area (Å²) in [6, 6.07) is 6.86. The van der Waals surface area contributed by atoms with Crippen LogP contribution in [0.5, 0.6) is 0 Å². The summed E-state index contributed by atoms with van der Waals surface area (Å²) in [6.07, 6.45) is 2.32. The predicted octanol–water partition coefficient (Wildman–Crippen LogP) is -0.480. The van der Waals surface area contributed by atoms with Gasteiger partial charge in [0.05, 0.1) is 29.1 Å². The lowest BCUT2D eigenvalue weighted by Crippen LogP contribution is -2.57. The first-order valence-corrected chi connectivity index (χ1v) is 12.8. The van der Waals surface area contributed by atoms with Crippen molar-refractivity contribution in [3.63, 3.8) is 0 Å². The Morgan fingerprint density at radius 2 is 2.06 bits per heavy atom. The number of piperidine rings is 1. The van der Waals surface area contributed by atoms with Gasteiger partial charge in [-0.1, -0.05) is 12.1 Å². The normalized spacial score (nSPS) is 32.5. The standard InChI is InChI=1S/C22H28N6O4S/c1-12(13-3-2-4-17(6-13)33(25,31)32)27-16-8-20(22(27)30)26(10-16)11-18(24)21(29)28-15(9-23)5-14-7-19(14)28/h2-4,6,12,14-16,18-20H,5,7-8,10-11,24H2,1H3,(H2,25,31,32)/t12-,14-,15+,16+,18+,19+,20+/m1/s1. The molecule has 3 aliphatic heterocycles. The number of nitrogens with zero attached hydrogens (tertiary/aromatic N) is 4. The quantitative estimate of drug-likeness (QED) is 0.567. The van der Waals surface area contributed by atoms with Crippen LogP contribution in [-0.2, 0) is 19.6 Å². The molecule has 33 heavy (non-hydrogen) atoms. The van der Waals surface area contributed by atoms with Crippen molar-refractivity contribution >= 4 is 21.8 Å². The molecule has 5 rings (SSSR count). The number of fused-ring (bicyclic) bond motifs is 3. The predicted molar refractivity (Wildman–Crippen MR) is 118 cm³/mol. The van der Waals surface area contributed by atoms with E-state index in [4.69, 9.17) is 10.9 Å². The van der Waals surface area contributed by atoms with Crippen LogP contribution in [0.2, 0.25) is 0 Å². The number of rotatable bonds is 6. The van der Waals surface area contributed by atoms with Crippen molar-refractivity contribution in [2.45, 2.75) is 67.3 Å². The third-order valence-electron chi connectivity index (χ3n) is 7.66. The molecule has 1 aromatic carbocycles. The molecule has 4 fully saturated rings. The number of benzene rings is 1. The molecule has 1 saturated carbocycles. The molecule has 2 amide bonds. The van der Waals surface area contributed by atoms with Crippen molar-refractivity contribution in [2.75, 3.05) is 13.1 Å². The van der Waals surface area contributed by atoms with Gasteiger partial charge >= 0.3 is 0 Å². The maximum Gasteiger partial charge on any atom is 0.242 e. The number of carbonyl (C=O) groups is 2. The summed E-state index contributed by atoms with van der Waals surface area (Å²) in [4.78, 5) is 31.6. The average molecular weight is 473 g/mol. The van der Waals surface area contributed by atoms with Crippen LogP contribution >= 0.6 is 0 Å². The fourth-order valence-electron chi connectivity index (χ4n) is 5.92. The van der Waals surface area contributed by atoms with E-state index in [-0.39, 0.29) is 47.4 Å². The summed E-state index contributed by atoms with van der Waals surface area (Å²) in [5.74, 6) is 0.183. The van der Waals surface area contributed by atoms with Crippen LogP contribution in [0.1, 0.15) is 37.8 Å². The second-order valence-electron chi connectivity index (χ2n) is 9.69. The number of likely N-dealkylation sites (tertiary alicyclic amines) is 3. The molecular weight excluding hydrogens is 444 g/mol. The van der Waals surface area contributed by atoms with Crippen molar-refractivity contribution in [1.82, 2.24) is 14.7 Å². The molecule has 1 aromatic rings. The van der Waals surface area contributed by atoms with Gasteiger partial charge in [0, 0.05) is 25.2 Å². The second-order valence-corrected chi connectivity index (χ2v) is 11.3. The van der Waals surface area contributed by atoms with E-state index in [1.807, 2.05) is 11.8 Å². The molecule has 11 heteroatoms. The van der Waals surface area contributed by atoms with Crippen LogP contribution in [0.4, 0.5) is 0 Å². The van der Waals surface area contributed by atoms with Crippen LogP contribution in [0.25, 0.3) is 0 Å². The maximum absolute atomic E-state index is 13.2. The summed E-state index contributed by atoms with van der Waals surface area (Å²) < 4.78 is 23.4. The Balaban J connectivity index is 1.25. The van der Waals surface area contributed by atoms with Gasteiger partial charge in [0.15, 0.2) is 0 Å². The molecular formula is C22H28N6O4S. The van der Waals surface area contributed by atoms with E-state index in [9.17, 15) is 23.3 Å². The fourth-order valence-corrected chi connectivity index (χ4v) is 6.49. The first-order chi connectivity index (χ1) is 15.6. The molecule has 1 aliphatic carbocycles. The van der Waals surface area contributed by atoms with Gasteiger partial charge in [0.1, 0.15) is 6.04 Å². The van der Waals surface area contributed by atoms with E-state index in [0.29, 0.717) is 24.4 Å². The van der Waals surface area contributed by atoms with Crippen molar-refractivity contribution in [3.8, 4) is 6.07 Å². The van der Waals surface area contributed by atoms with Gasteiger partial charge in [-0.3, -0.25) is 14.5 Å². The number of hydrogen-bond acceptors (Lipinski definition) is 7. The SMILES string of the molecule is C[C@H](c1cccc(S(N)(=O)=O)c1)N1C(=O)[C@@H]2C[C@H]1CN2C[C@H](N)C(=O)N1[C@H](C#N)C[C@@H]2C[C@@H]21. The highest BCUT2D eigenvalue weighted by Crippen LogP contribution is 2.48. The van der Waals surface area contributed by atoms with Crippen LogP contribution in [0.15, 0.2) is 29.2 Å². The Hall–Kier alpha value is -2.52. The fraction of sp³-hybridized carbons (Fsp3) is 0.591. The number of nitrogens with two attached hydrogens (primary N) is 2. The summed E-state index contributed by atoms with van der Waals surface area (Å²) in [5, 5.41) is 14.6. The van der Waals surface area contributed by atoms with E-state index in [2.05, 4.69) is 6.07 Å². The minimum Gasteiger partial charge on any atom is -0.330 e. The highest BCUT2D eigenvalue weighted by Gasteiger charge is 2.56. The smallest absolute Gasteiger partial charge is 0.242 e. The maximum atomic E-state index is 13.2. The lowest BCUT2D eigenvalue weighted by Gasteiger charge is -2.38. The molecule has 0 radical (unpaired) electrons. The number of amides is 2.